The van der Waals surface area contributed by atoms with Gasteiger partial charge in [0, 0.05) is 17.6 Å². The highest BCUT2D eigenvalue weighted by atomic mass is 79.9. The zero-order valence-corrected chi connectivity index (χ0v) is 12.0. The van der Waals surface area contributed by atoms with Gasteiger partial charge in [-0.25, -0.2) is 0 Å². The van der Waals surface area contributed by atoms with Gasteiger partial charge in [-0.2, -0.15) is 0 Å². The summed E-state index contributed by atoms with van der Waals surface area (Å²) in [7, 11) is 0. The smallest absolute Gasteiger partial charge is 0.0914 e. The lowest BCUT2D eigenvalue weighted by molar-refractivity contribution is 0.176. The highest BCUT2D eigenvalue weighted by Gasteiger charge is 2.07. The van der Waals surface area contributed by atoms with E-state index >= 15 is 0 Å². The molecule has 0 amide bonds. The molecule has 0 aliphatic carbocycles. The Balaban J connectivity index is 2.51. The van der Waals surface area contributed by atoms with Gasteiger partial charge in [0.05, 0.1) is 6.10 Å². The van der Waals surface area contributed by atoms with E-state index in [4.69, 9.17) is 0 Å². The normalized spacial score (nSPS) is 12.8. The second kappa shape index (κ2) is 6.94. The lowest BCUT2D eigenvalue weighted by Gasteiger charge is -2.13. The third-order valence-electron chi connectivity index (χ3n) is 2.64. The Kier molecular flexibility index (Phi) is 5.89. The van der Waals surface area contributed by atoms with E-state index in [2.05, 4.69) is 53.8 Å². The molecule has 1 atom stereocenters. The van der Waals surface area contributed by atoms with Crippen LogP contribution in [-0.2, 0) is 0 Å². The van der Waals surface area contributed by atoms with Gasteiger partial charge in [-0.15, -0.1) is 0 Å². The van der Waals surface area contributed by atoms with Crippen LogP contribution in [0.2, 0.25) is 0 Å². The van der Waals surface area contributed by atoms with Crippen molar-refractivity contribution in [2.75, 3.05) is 13.1 Å². The standard InChI is InChI=1S/C14H20BrNO/c1-10(2)12-4-6-13(7-5-12)14(17)9-16-8-11(3)15/h4-7,10,14,16-17H,3,8-9H2,1-2H3. The topological polar surface area (TPSA) is 32.3 Å². The van der Waals surface area contributed by atoms with Crippen LogP contribution >= 0.6 is 15.9 Å². The lowest BCUT2D eigenvalue weighted by Crippen LogP contribution is -2.22. The van der Waals surface area contributed by atoms with Crippen LogP contribution in [0.25, 0.3) is 0 Å². The van der Waals surface area contributed by atoms with Crippen LogP contribution < -0.4 is 5.32 Å². The van der Waals surface area contributed by atoms with Crippen LogP contribution in [0.3, 0.4) is 0 Å². The maximum Gasteiger partial charge on any atom is 0.0914 e. The Morgan fingerprint density at radius 2 is 1.82 bits per heavy atom. The van der Waals surface area contributed by atoms with Gasteiger partial charge < -0.3 is 10.4 Å². The fourth-order valence-corrected chi connectivity index (χ4v) is 1.76. The number of halogens is 1. The summed E-state index contributed by atoms with van der Waals surface area (Å²) in [6, 6.07) is 8.13. The maximum atomic E-state index is 9.96. The minimum atomic E-state index is -0.469. The molecule has 1 aromatic rings. The van der Waals surface area contributed by atoms with Crippen LogP contribution in [-0.4, -0.2) is 18.2 Å². The Bertz CT molecular complexity index is 359. The largest absolute Gasteiger partial charge is 0.387 e. The van der Waals surface area contributed by atoms with Crippen molar-refractivity contribution in [2.45, 2.75) is 25.9 Å². The first-order chi connectivity index (χ1) is 8.00. The number of benzene rings is 1. The van der Waals surface area contributed by atoms with Gasteiger partial charge in [0.15, 0.2) is 0 Å². The van der Waals surface area contributed by atoms with Crippen molar-refractivity contribution in [1.29, 1.82) is 0 Å². The zero-order valence-electron chi connectivity index (χ0n) is 10.4. The molecule has 0 spiro atoms. The molecule has 1 aromatic carbocycles. The molecule has 1 unspecified atom stereocenters. The fraction of sp³-hybridized carbons (Fsp3) is 0.429. The van der Waals surface area contributed by atoms with Crippen molar-refractivity contribution in [3.8, 4) is 0 Å². The average molecular weight is 298 g/mol. The molecule has 0 fully saturated rings. The summed E-state index contributed by atoms with van der Waals surface area (Å²) in [4.78, 5) is 0. The highest BCUT2D eigenvalue weighted by molar-refractivity contribution is 9.11. The number of rotatable bonds is 6. The van der Waals surface area contributed by atoms with Crippen LogP contribution in [0.5, 0.6) is 0 Å². The molecule has 2 N–H and O–H groups in total. The van der Waals surface area contributed by atoms with E-state index in [-0.39, 0.29) is 0 Å². The van der Waals surface area contributed by atoms with Crippen LogP contribution in [0.4, 0.5) is 0 Å². The monoisotopic (exact) mass is 297 g/mol. The van der Waals surface area contributed by atoms with Crippen LogP contribution in [0.1, 0.15) is 37.0 Å². The molecule has 0 heterocycles. The fourth-order valence-electron chi connectivity index (χ4n) is 1.57. The zero-order chi connectivity index (χ0) is 12.8. The number of nitrogens with one attached hydrogen (secondary N) is 1. The number of aliphatic hydroxyl groups is 1. The second-order valence-corrected chi connectivity index (χ2v) is 5.61. The van der Waals surface area contributed by atoms with Gasteiger partial charge in [0.1, 0.15) is 0 Å². The predicted molar refractivity (Wildman–Crippen MR) is 76.4 cm³/mol. The lowest BCUT2D eigenvalue weighted by atomic mass is 10.00. The van der Waals surface area contributed by atoms with E-state index in [1.807, 2.05) is 12.1 Å². The second-order valence-electron chi connectivity index (χ2n) is 4.49. The molecule has 0 saturated carbocycles. The van der Waals surface area contributed by atoms with Gasteiger partial charge in [-0.3, -0.25) is 0 Å². The van der Waals surface area contributed by atoms with Crippen LogP contribution in [0, 0.1) is 0 Å². The summed E-state index contributed by atoms with van der Waals surface area (Å²) >= 11 is 3.27. The van der Waals surface area contributed by atoms with E-state index in [1.165, 1.54) is 5.56 Å². The van der Waals surface area contributed by atoms with Crippen molar-refractivity contribution >= 4 is 15.9 Å². The van der Waals surface area contributed by atoms with E-state index in [1.54, 1.807) is 0 Å². The molecule has 0 radical (unpaired) electrons. The summed E-state index contributed by atoms with van der Waals surface area (Å²) in [6.45, 7) is 9.25. The summed E-state index contributed by atoms with van der Waals surface area (Å²) in [5.74, 6) is 0.524. The van der Waals surface area contributed by atoms with Gasteiger partial charge in [0.25, 0.3) is 0 Å². The SMILES string of the molecule is C=C(Br)CNCC(O)c1ccc(C(C)C)cc1. The third kappa shape index (κ3) is 5.02. The molecule has 3 heteroatoms. The van der Waals surface area contributed by atoms with E-state index in [0.717, 1.165) is 10.0 Å². The Morgan fingerprint density at radius 1 is 1.29 bits per heavy atom. The van der Waals surface area contributed by atoms with Gasteiger partial charge in [-0.05, 0) is 17.0 Å². The molecule has 0 aliphatic heterocycles. The Morgan fingerprint density at radius 3 is 2.29 bits per heavy atom. The molecule has 2 nitrogen and oxygen atoms in total. The third-order valence-corrected chi connectivity index (χ3v) is 2.92. The summed E-state index contributed by atoms with van der Waals surface area (Å²) in [5, 5.41) is 13.1. The van der Waals surface area contributed by atoms with Crippen molar-refractivity contribution in [1.82, 2.24) is 5.32 Å². The molecule has 17 heavy (non-hydrogen) atoms. The Labute approximate surface area is 112 Å². The van der Waals surface area contributed by atoms with E-state index in [0.29, 0.717) is 19.0 Å². The van der Waals surface area contributed by atoms with E-state index < -0.39 is 6.10 Å². The molecule has 0 aliphatic rings. The summed E-state index contributed by atoms with van der Waals surface area (Å²) < 4.78 is 0.889. The van der Waals surface area contributed by atoms with Crippen molar-refractivity contribution in [2.24, 2.45) is 0 Å². The number of aliphatic hydroxyl groups excluding tert-OH is 1. The van der Waals surface area contributed by atoms with Crippen LogP contribution in [0.15, 0.2) is 35.3 Å². The van der Waals surface area contributed by atoms with Crippen molar-refractivity contribution < 1.29 is 5.11 Å². The van der Waals surface area contributed by atoms with Gasteiger partial charge in [0.2, 0.25) is 0 Å². The Hall–Kier alpha value is -0.640. The first-order valence-electron chi connectivity index (χ1n) is 5.82. The van der Waals surface area contributed by atoms with Gasteiger partial charge in [-0.1, -0.05) is 60.6 Å². The molecule has 0 bridgehead atoms. The highest BCUT2D eigenvalue weighted by Crippen LogP contribution is 2.18. The first kappa shape index (κ1) is 14.4. The molecular formula is C14H20BrNO. The molecule has 1 rings (SSSR count). The number of hydrogen-bond donors (Lipinski definition) is 2. The molecular weight excluding hydrogens is 278 g/mol. The van der Waals surface area contributed by atoms with E-state index in [9.17, 15) is 5.11 Å². The maximum absolute atomic E-state index is 9.96. The average Bonchev–Trinajstić information content (AvgIpc) is 2.28. The minimum absolute atomic E-state index is 0.469. The van der Waals surface area contributed by atoms with Crippen molar-refractivity contribution in [3.63, 3.8) is 0 Å². The molecule has 0 aromatic heterocycles. The van der Waals surface area contributed by atoms with Gasteiger partial charge >= 0.3 is 0 Å². The summed E-state index contributed by atoms with van der Waals surface area (Å²) in [6.07, 6.45) is -0.469. The summed E-state index contributed by atoms with van der Waals surface area (Å²) in [5.41, 5.74) is 2.24. The first-order valence-corrected chi connectivity index (χ1v) is 6.62. The quantitative estimate of drug-likeness (QED) is 0.844. The molecule has 94 valence electrons. The number of hydrogen-bond acceptors (Lipinski definition) is 2. The predicted octanol–water partition coefficient (Wildman–Crippen LogP) is 3.34. The molecule has 0 saturated heterocycles. The van der Waals surface area contributed by atoms with Crippen molar-refractivity contribution in [3.05, 3.63) is 46.5 Å². The minimum Gasteiger partial charge on any atom is -0.387 e.